The first-order valence-electron chi connectivity index (χ1n) is 7.00. The molecule has 22 heavy (non-hydrogen) atoms. The lowest BCUT2D eigenvalue weighted by Crippen LogP contribution is -2.35. The molecule has 0 radical (unpaired) electrons. The second kappa shape index (κ2) is 5.88. The first kappa shape index (κ1) is 14.7. The van der Waals surface area contributed by atoms with Crippen LogP contribution in [0.5, 0.6) is 0 Å². The molecule has 0 saturated carbocycles. The SMILES string of the molecule is CN1CC(C(=O)NCCn2cnc3ccsc3c2=O)CC1=O. The molecule has 1 aliphatic rings. The average molecular weight is 320 g/mol. The number of amides is 2. The van der Waals surface area contributed by atoms with Gasteiger partial charge >= 0.3 is 0 Å². The molecule has 0 spiro atoms. The lowest BCUT2D eigenvalue weighted by atomic mass is 10.1. The number of aromatic nitrogens is 2. The average Bonchev–Trinajstić information content (AvgIpc) is 3.09. The van der Waals surface area contributed by atoms with Crippen molar-refractivity contribution in [3.05, 3.63) is 28.1 Å². The van der Waals surface area contributed by atoms with Crippen molar-refractivity contribution in [3.8, 4) is 0 Å². The molecule has 1 saturated heterocycles. The van der Waals surface area contributed by atoms with E-state index in [2.05, 4.69) is 10.3 Å². The molecular weight excluding hydrogens is 304 g/mol. The predicted molar refractivity (Wildman–Crippen MR) is 82.6 cm³/mol. The molecule has 7 nitrogen and oxygen atoms in total. The second-order valence-electron chi connectivity index (χ2n) is 5.34. The van der Waals surface area contributed by atoms with Crippen molar-refractivity contribution in [2.75, 3.05) is 20.1 Å². The normalized spacial score (nSPS) is 18.1. The van der Waals surface area contributed by atoms with Crippen LogP contribution in [0.3, 0.4) is 0 Å². The van der Waals surface area contributed by atoms with Gasteiger partial charge in [-0.1, -0.05) is 0 Å². The van der Waals surface area contributed by atoms with Crippen molar-refractivity contribution in [1.82, 2.24) is 19.8 Å². The van der Waals surface area contributed by atoms with Crippen LogP contribution in [0.2, 0.25) is 0 Å². The third-order valence-corrected chi connectivity index (χ3v) is 4.69. The summed E-state index contributed by atoms with van der Waals surface area (Å²) in [6, 6.07) is 1.81. The van der Waals surface area contributed by atoms with E-state index in [1.54, 1.807) is 18.0 Å². The highest BCUT2D eigenvalue weighted by Crippen LogP contribution is 2.15. The highest BCUT2D eigenvalue weighted by atomic mass is 32.1. The summed E-state index contributed by atoms with van der Waals surface area (Å²) in [5.41, 5.74) is 0.604. The van der Waals surface area contributed by atoms with Gasteiger partial charge in [0.25, 0.3) is 5.56 Å². The van der Waals surface area contributed by atoms with E-state index in [0.29, 0.717) is 29.9 Å². The Morgan fingerprint density at radius 3 is 3.05 bits per heavy atom. The van der Waals surface area contributed by atoms with Gasteiger partial charge in [0.2, 0.25) is 11.8 Å². The van der Waals surface area contributed by atoms with Gasteiger partial charge in [-0.3, -0.25) is 19.0 Å². The number of carbonyl (C=O) groups excluding carboxylic acids is 2. The Hall–Kier alpha value is -2.22. The summed E-state index contributed by atoms with van der Waals surface area (Å²) >= 11 is 1.36. The number of rotatable bonds is 4. The maximum absolute atomic E-state index is 12.2. The number of carbonyl (C=O) groups is 2. The fraction of sp³-hybridized carbons (Fsp3) is 0.429. The Morgan fingerprint density at radius 1 is 1.50 bits per heavy atom. The van der Waals surface area contributed by atoms with Crippen LogP contribution in [0.25, 0.3) is 10.2 Å². The van der Waals surface area contributed by atoms with Crippen molar-refractivity contribution < 1.29 is 9.59 Å². The summed E-state index contributed by atoms with van der Waals surface area (Å²) in [5, 5.41) is 4.61. The van der Waals surface area contributed by atoms with Crippen LogP contribution >= 0.6 is 11.3 Å². The molecular formula is C14H16N4O3S. The van der Waals surface area contributed by atoms with E-state index in [1.165, 1.54) is 22.2 Å². The van der Waals surface area contributed by atoms with Gasteiger partial charge in [0.1, 0.15) is 4.70 Å². The van der Waals surface area contributed by atoms with Crippen molar-refractivity contribution in [2.45, 2.75) is 13.0 Å². The minimum absolute atomic E-state index is 0.0104. The highest BCUT2D eigenvalue weighted by Gasteiger charge is 2.31. The molecule has 1 N–H and O–H groups in total. The van der Waals surface area contributed by atoms with Crippen LogP contribution < -0.4 is 10.9 Å². The molecule has 0 aliphatic carbocycles. The molecule has 8 heteroatoms. The van der Waals surface area contributed by atoms with E-state index in [0.717, 1.165) is 0 Å². The molecule has 116 valence electrons. The van der Waals surface area contributed by atoms with Gasteiger partial charge in [0, 0.05) is 33.1 Å². The van der Waals surface area contributed by atoms with Gasteiger partial charge in [-0.15, -0.1) is 11.3 Å². The monoisotopic (exact) mass is 320 g/mol. The summed E-state index contributed by atoms with van der Waals surface area (Å²) in [6.07, 6.45) is 1.75. The Bertz CT molecular complexity index is 782. The Morgan fingerprint density at radius 2 is 2.32 bits per heavy atom. The summed E-state index contributed by atoms with van der Waals surface area (Å²) in [7, 11) is 1.69. The van der Waals surface area contributed by atoms with Crippen LogP contribution in [0, 0.1) is 5.92 Å². The molecule has 0 aromatic carbocycles. The fourth-order valence-electron chi connectivity index (χ4n) is 2.52. The quantitative estimate of drug-likeness (QED) is 0.863. The predicted octanol–water partition coefficient (Wildman–Crippen LogP) is 0.0525. The second-order valence-corrected chi connectivity index (χ2v) is 6.26. The van der Waals surface area contributed by atoms with Crippen molar-refractivity contribution >= 4 is 33.4 Å². The molecule has 2 aromatic heterocycles. The van der Waals surface area contributed by atoms with E-state index in [9.17, 15) is 14.4 Å². The number of nitrogens with one attached hydrogen (secondary N) is 1. The van der Waals surface area contributed by atoms with Gasteiger partial charge in [-0.05, 0) is 11.4 Å². The zero-order valence-corrected chi connectivity index (χ0v) is 12.9. The summed E-state index contributed by atoms with van der Waals surface area (Å²) in [5.74, 6) is -0.452. The smallest absolute Gasteiger partial charge is 0.271 e. The molecule has 1 unspecified atom stereocenters. The maximum atomic E-state index is 12.2. The first-order chi connectivity index (χ1) is 10.6. The molecule has 1 atom stereocenters. The number of hydrogen-bond donors (Lipinski definition) is 1. The molecule has 3 heterocycles. The first-order valence-corrected chi connectivity index (χ1v) is 7.88. The number of thiophene rings is 1. The molecule has 2 aromatic rings. The van der Waals surface area contributed by atoms with Gasteiger partial charge in [-0.25, -0.2) is 4.98 Å². The maximum Gasteiger partial charge on any atom is 0.271 e. The van der Waals surface area contributed by atoms with Crippen LogP contribution in [-0.4, -0.2) is 46.4 Å². The minimum Gasteiger partial charge on any atom is -0.354 e. The lowest BCUT2D eigenvalue weighted by molar-refractivity contribution is -0.128. The van der Waals surface area contributed by atoms with Gasteiger partial charge in [0.15, 0.2) is 0 Å². The van der Waals surface area contributed by atoms with Crippen LogP contribution in [0.15, 0.2) is 22.6 Å². The topological polar surface area (TPSA) is 84.3 Å². The number of nitrogens with zero attached hydrogens (tertiary/aromatic N) is 3. The van der Waals surface area contributed by atoms with E-state index in [1.807, 2.05) is 5.38 Å². The van der Waals surface area contributed by atoms with E-state index in [4.69, 9.17) is 0 Å². The highest BCUT2D eigenvalue weighted by molar-refractivity contribution is 7.17. The van der Waals surface area contributed by atoms with Crippen LogP contribution in [-0.2, 0) is 16.1 Å². The van der Waals surface area contributed by atoms with Crippen molar-refractivity contribution in [3.63, 3.8) is 0 Å². The van der Waals surface area contributed by atoms with Crippen molar-refractivity contribution in [2.24, 2.45) is 5.92 Å². The summed E-state index contributed by atoms with van der Waals surface area (Å²) in [6.45, 7) is 1.15. The van der Waals surface area contributed by atoms with Crippen LogP contribution in [0.1, 0.15) is 6.42 Å². The van der Waals surface area contributed by atoms with E-state index in [-0.39, 0.29) is 29.7 Å². The molecule has 0 bridgehead atoms. The third-order valence-electron chi connectivity index (χ3n) is 3.80. The number of fused-ring (bicyclic) bond motifs is 1. The van der Waals surface area contributed by atoms with E-state index < -0.39 is 0 Å². The fourth-order valence-corrected chi connectivity index (χ4v) is 3.31. The minimum atomic E-state index is -0.299. The lowest BCUT2D eigenvalue weighted by Gasteiger charge is -2.11. The standard InChI is InChI=1S/C14H16N4O3S/c1-17-7-9(6-11(17)19)13(20)15-3-4-18-8-16-10-2-5-22-12(10)14(18)21/h2,5,8-9H,3-4,6-7H2,1H3,(H,15,20). The van der Waals surface area contributed by atoms with Gasteiger partial charge in [-0.2, -0.15) is 0 Å². The molecule has 1 fully saturated rings. The zero-order valence-electron chi connectivity index (χ0n) is 12.1. The number of likely N-dealkylation sites (tertiary alicyclic amines) is 1. The Kier molecular flexibility index (Phi) is 3.93. The zero-order chi connectivity index (χ0) is 15.7. The Balaban J connectivity index is 1.58. The summed E-state index contributed by atoms with van der Waals surface area (Å²) < 4.78 is 2.11. The third kappa shape index (κ3) is 2.74. The Labute approximate surface area is 130 Å². The van der Waals surface area contributed by atoms with Gasteiger partial charge < -0.3 is 10.2 Å². The number of hydrogen-bond acceptors (Lipinski definition) is 5. The molecule has 2 amide bonds. The van der Waals surface area contributed by atoms with Crippen molar-refractivity contribution in [1.29, 1.82) is 0 Å². The molecule has 3 rings (SSSR count). The summed E-state index contributed by atoms with van der Waals surface area (Å²) in [4.78, 5) is 41.4. The largest absolute Gasteiger partial charge is 0.354 e. The van der Waals surface area contributed by atoms with Crippen LogP contribution in [0.4, 0.5) is 0 Å². The van der Waals surface area contributed by atoms with Gasteiger partial charge in [0.05, 0.1) is 17.8 Å². The van der Waals surface area contributed by atoms with E-state index >= 15 is 0 Å². The molecule has 1 aliphatic heterocycles.